The average molecular weight is 396 g/mol. The first kappa shape index (κ1) is 18.8. The van der Waals surface area contributed by atoms with E-state index in [-0.39, 0.29) is 48.9 Å². The Kier molecular flexibility index (Phi) is 9.87. The zero-order chi connectivity index (χ0) is 14.1. The largest absolute Gasteiger partial charge is 2.00 e. The van der Waals surface area contributed by atoms with E-state index in [0.717, 1.165) is 11.2 Å². The Balaban J connectivity index is 0.000000452. The number of benzene rings is 2. The van der Waals surface area contributed by atoms with Crippen LogP contribution in [0.3, 0.4) is 0 Å². The first-order chi connectivity index (χ1) is 9.28. The second kappa shape index (κ2) is 10.5. The maximum atomic E-state index is 8.25. The van der Waals surface area contributed by atoms with Crippen LogP contribution >= 0.6 is 0 Å². The number of carbonyl (C=O) groups is 2. The Bertz CT molecular complexity index is 606. The van der Waals surface area contributed by atoms with Gasteiger partial charge in [0.2, 0.25) is 0 Å². The summed E-state index contributed by atoms with van der Waals surface area (Å²) in [4.78, 5) is 16.5. The predicted molar refractivity (Wildman–Crippen MR) is 71.6 cm³/mol. The second-order valence-electron chi connectivity index (χ2n) is 3.29. The summed E-state index contributed by atoms with van der Waals surface area (Å²) in [6, 6.07) is 16.2. The van der Waals surface area contributed by atoms with E-state index in [1.54, 1.807) is 0 Å². The van der Waals surface area contributed by atoms with E-state index in [1.807, 2.05) is 36.4 Å². The number of furan rings is 1. The first-order valence-electron chi connectivity index (χ1n) is 5.26. The van der Waals surface area contributed by atoms with Crippen molar-refractivity contribution in [2.75, 3.05) is 0 Å². The molecule has 20 heavy (non-hydrogen) atoms. The Hall–Kier alpha value is -1.25. The Morgan fingerprint density at radius 2 is 1.05 bits per heavy atom. The van der Waals surface area contributed by atoms with Gasteiger partial charge in [0.1, 0.15) is 11.2 Å². The third kappa shape index (κ3) is 5.03. The zero-order valence-corrected chi connectivity index (χ0v) is 15.0. The number of carbonyl (C=O) groups excluding carboxylic acids is 2. The molecule has 0 fully saturated rings. The Morgan fingerprint density at radius 3 is 1.40 bits per heavy atom. The third-order valence-corrected chi connectivity index (χ3v) is 2.28. The molecule has 0 atom stereocenters. The maximum Gasteiger partial charge on any atom is 2.00 e. The summed E-state index contributed by atoms with van der Waals surface area (Å²) in [5.41, 5.74) is 1.92. The van der Waals surface area contributed by atoms with Gasteiger partial charge in [-0.1, -0.05) is 36.4 Å². The van der Waals surface area contributed by atoms with E-state index >= 15 is 0 Å². The molecule has 0 saturated carbocycles. The van der Waals surface area contributed by atoms with Crippen molar-refractivity contribution in [2.24, 2.45) is 0 Å². The maximum absolute atomic E-state index is 8.25. The minimum Gasteiger partial charge on any atom is -0.554 e. The van der Waals surface area contributed by atoms with E-state index < -0.39 is 12.9 Å². The molecule has 0 radical (unpaired) electrons. The molecule has 6 heteroatoms. The molecule has 0 aliphatic heterocycles. The third-order valence-electron chi connectivity index (χ3n) is 2.28. The van der Waals surface area contributed by atoms with Crippen molar-refractivity contribution in [1.82, 2.24) is 0 Å². The summed E-state index contributed by atoms with van der Waals surface area (Å²) in [5, 5.41) is 18.9. The van der Waals surface area contributed by atoms with Gasteiger partial charge in [0, 0.05) is 23.7 Å². The fourth-order valence-electron chi connectivity index (χ4n) is 1.67. The van der Waals surface area contributed by atoms with Gasteiger partial charge in [-0.3, -0.25) is 0 Å². The Labute approximate surface area is 155 Å². The summed E-state index contributed by atoms with van der Waals surface area (Å²) in [7, 11) is 0. The summed E-state index contributed by atoms with van der Waals surface area (Å²) in [5.74, 6) is 0. The van der Waals surface area contributed by atoms with Gasteiger partial charge in [0.15, 0.2) is 0 Å². The molecule has 1 aromatic heterocycles. The molecule has 0 unspecified atom stereocenters. The number of hydrogen-bond donors (Lipinski definition) is 0. The monoisotopic (exact) mass is 396 g/mol. The van der Waals surface area contributed by atoms with Gasteiger partial charge >= 0.3 is 48.9 Å². The van der Waals surface area contributed by atoms with Gasteiger partial charge in [-0.15, -0.1) is 0 Å². The van der Waals surface area contributed by atoms with Crippen molar-refractivity contribution in [1.29, 1.82) is 0 Å². The standard InChI is InChI=1S/C12H8O.2CH2O2.Ba/c1-3-7-11-9(5-1)10-6-2-4-8-12(10)13-11;2*2-1-3;/h1-8H;2*1H,(H,2,3);/q;;;+2/p-2. The second-order valence-corrected chi connectivity index (χ2v) is 3.29. The van der Waals surface area contributed by atoms with Crippen molar-refractivity contribution < 1.29 is 24.2 Å². The topological polar surface area (TPSA) is 93.4 Å². The summed E-state index contributed by atoms with van der Waals surface area (Å²) in [6.45, 7) is -1.00. The van der Waals surface area contributed by atoms with Crippen molar-refractivity contribution >= 4 is 83.8 Å². The van der Waals surface area contributed by atoms with E-state index in [4.69, 9.17) is 24.2 Å². The van der Waals surface area contributed by atoms with Crippen molar-refractivity contribution in [2.45, 2.75) is 0 Å². The van der Waals surface area contributed by atoms with Gasteiger partial charge in [-0.25, -0.2) is 0 Å². The van der Waals surface area contributed by atoms with E-state index in [2.05, 4.69) is 12.1 Å². The predicted octanol–water partition coefficient (Wildman–Crippen LogP) is -0.0626. The molecule has 5 nitrogen and oxygen atoms in total. The molecule has 0 spiro atoms. The minimum atomic E-state index is -0.500. The van der Waals surface area contributed by atoms with Crippen molar-refractivity contribution in [3.8, 4) is 0 Å². The van der Waals surface area contributed by atoms with Crippen LogP contribution in [0.25, 0.3) is 21.9 Å². The summed E-state index contributed by atoms with van der Waals surface area (Å²) < 4.78 is 5.65. The molecule has 3 rings (SSSR count). The van der Waals surface area contributed by atoms with Crippen molar-refractivity contribution in [3.63, 3.8) is 0 Å². The van der Waals surface area contributed by atoms with Crippen molar-refractivity contribution in [3.05, 3.63) is 48.5 Å². The van der Waals surface area contributed by atoms with Crippen LogP contribution in [0.2, 0.25) is 0 Å². The number of para-hydroxylation sites is 2. The van der Waals surface area contributed by atoms with Crippen LogP contribution in [-0.4, -0.2) is 61.8 Å². The summed E-state index contributed by atoms with van der Waals surface area (Å²) in [6.07, 6.45) is 0. The molecule has 0 amide bonds. The normalized spacial score (nSPS) is 8.40. The molecule has 98 valence electrons. The first-order valence-corrected chi connectivity index (χ1v) is 5.26. The van der Waals surface area contributed by atoms with Crippen LogP contribution < -0.4 is 10.2 Å². The molecule has 2 aromatic carbocycles. The van der Waals surface area contributed by atoms with Crippen LogP contribution in [0.1, 0.15) is 0 Å². The van der Waals surface area contributed by atoms with E-state index in [9.17, 15) is 0 Å². The number of fused-ring (bicyclic) bond motifs is 3. The summed E-state index contributed by atoms with van der Waals surface area (Å²) >= 11 is 0. The SMILES string of the molecule is O=C[O-].O=C[O-].[Ba+2].c1ccc2c(c1)oc1ccccc12. The molecule has 3 aromatic rings. The molecule has 0 aliphatic rings. The van der Waals surface area contributed by atoms with E-state index in [0.29, 0.717) is 0 Å². The van der Waals surface area contributed by atoms with Gasteiger partial charge in [0.25, 0.3) is 0 Å². The van der Waals surface area contributed by atoms with Crippen LogP contribution in [-0.2, 0) is 9.59 Å². The van der Waals surface area contributed by atoms with Gasteiger partial charge in [-0.2, -0.15) is 0 Å². The Morgan fingerprint density at radius 1 is 0.750 bits per heavy atom. The fourth-order valence-corrected chi connectivity index (χ4v) is 1.67. The average Bonchev–Trinajstić information content (AvgIpc) is 2.79. The zero-order valence-electron chi connectivity index (χ0n) is 10.5. The van der Waals surface area contributed by atoms with Gasteiger partial charge in [-0.05, 0) is 12.1 Å². The van der Waals surface area contributed by atoms with E-state index in [1.165, 1.54) is 10.8 Å². The van der Waals surface area contributed by atoms with Gasteiger partial charge < -0.3 is 24.2 Å². The molecular formula is C14H10BaO5. The number of carboxylic acid groups (broad SMARTS) is 2. The molecule has 0 saturated heterocycles. The number of rotatable bonds is 0. The number of hydrogen-bond acceptors (Lipinski definition) is 5. The minimum absolute atomic E-state index is 0. The van der Waals surface area contributed by atoms with Crippen LogP contribution in [0.15, 0.2) is 52.9 Å². The molecule has 0 aliphatic carbocycles. The molecular weight excluding hydrogens is 385 g/mol. The molecule has 1 heterocycles. The smallest absolute Gasteiger partial charge is 0.554 e. The fraction of sp³-hybridized carbons (Fsp3) is 0. The van der Waals surface area contributed by atoms with Crippen LogP contribution in [0, 0.1) is 0 Å². The quantitative estimate of drug-likeness (QED) is 0.393. The molecule has 0 N–H and O–H groups in total. The van der Waals surface area contributed by atoms with Crippen LogP contribution in [0.4, 0.5) is 0 Å². The van der Waals surface area contributed by atoms with Crippen LogP contribution in [0.5, 0.6) is 0 Å². The molecule has 0 bridgehead atoms. The van der Waals surface area contributed by atoms with Gasteiger partial charge in [0.05, 0.1) is 0 Å².